The standard InChI is InChI=1S/C36H40N4O4/c1-26-33(24-40-19-17-39(18-20-40)23-27-7-3-2-4-8-27)43-36(44-34(26)29-14-12-28(25-41)13-15-29)30-9-5-11-32(21-30)38-35(42)31-10-6-16-37-22-31/h2-16,21-22,26,33-34,36,41H,17-20,23-25H2,1H3,(H,38,42)/t26-,33+,34+,36+/m0/s1. The second-order valence-electron chi connectivity index (χ2n) is 11.7. The van der Waals surface area contributed by atoms with Crippen molar-refractivity contribution in [1.29, 1.82) is 0 Å². The van der Waals surface area contributed by atoms with Crippen LogP contribution in [0.3, 0.4) is 0 Å². The van der Waals surface area contributed by atoms with E-state index in [4.69, 9.17) is 9.47 Å². The van der Waals surface area contributed by atoms with Gasteiger partial charge in [0.15, 0.2) is 6.29 Å². The smallest absolute Gasteiger partial charge is 0.257 e. The van der Waals surface area contributed by atoms with Crippen molar-refractivity contribution in [2.24, 2.45) is 5.92 Å². The largest absolute Gasteiger partial charge is 0.392 e. The summed E-state index contributed by atoms with van der Waals surface area (Å²) in [6.45, 7) is 7.98. The molecule has 4 aromatic rings. The lowest BCUT2D eigenvalue weighted by Gasteiger charge is -2.44. The van der Waals surface area contributed by atoms with Crippen molar-refractivity contribution in [2.75, 3.05) is 38.0 Å². The van der Waals surface area contributed by atoms with E-state index >= 15 is 0 Å². The van der Waals surface area contributed by atoms with Crippen molar-refractivity contribution in [2.45, 2.75) is 38.6 Å². The maximum absolute atomic E-state index is 12.8. The summed E-state index contributed by atoms with van der Waals surface area (Å²) in [5.74, 6) is -0.123. The molecule has 44 heavy (non-hydrogen) atoms. The predicted molar refractivity (Wildman–Crippen MR) is 170 cm³/mol. The van der Waals surface area contributed by atoms with Gasteiger partial charge in [-0.05, 0) is 41.0 Å². The van der Waals surface area contributed by atoms with Gasteiger partial charge in [0.05, 0.1) is 24.4 Å². The quantitative estimate of drug-likeness (QED) is 0.268. The molecule has 0 radical (unpaired) electrons. The zero-order valence-corrected chi connectivity index (χ0v) is 25.1. The van der Waals surface area contributed by atoms with Gasteiger partial charge in [-0.1, -0.05) is 73.7 Å². The molecule has 0 spiro atoms. The van der Waals surface area contributed by atoms with Crippen molar-refractivity contribution in [3.05, 3.63) is 131 Å². The molecule has 8 nitrogen and oxygen atoms in total. The fourth-order valence-electron chi connectivity index (χ4n) is 6.02. The maximum atomic E-state index is 12.8. The number of carbonyl (C=O) groups is 1. The highest BCUT2D eigenvalue weighted by atomic mass is 16.7. The van der Waals surface area contributed by atoms with Crippen LogP contribution in [-0.4, -0.2) is 64.6 Å². The number of hydrogen-bond donors (Lipinski definition) is 2. The number of amides is 1. The fraction of sp³-hybridized carbons (Fsp3) is 0.333. The van der Waals surface area contributed by atoms with E-state index in [1.54, 1.807) is 24.5 Å². The van der Waals surface area contributed by atoms with Crippen molar-refractivity contribution >= 4 is 11.6 Å². The number of aliphatic hydroxyl groups excluding tert-OH is 1. The van der Waals surface area contributed by atoms with Gasteiger partial charge >= 0.3 is 0 Å². The van der Waals surface area contributed by atoms with Crippen LogP contribution >= 0.6 is 0 Å². The first kappa shape index (κ1) is 30.1. The lowest BCUT2D eigenvalue weighted by molar-refractivity contribution is -0.276. The van der Waals surface area contributed by atoms with Gasteiger partial charge in [-0.15, -0.1) is 0 Å². The van der Waals surface area contributed by atoms with Crippen LogP contribution in [0.25, 0.3) is 0 Å². The summed E-state index contributed by atoms with van der Waals surface area (Å²) < 4.78 is 13.4. The number of hydrogen-bond acceptors (Lipinski definition) is 7. The molecule has 228 valence electrons. The first-order valence-electron chi connectivity index (χ1n) is 15.4. The summed E-state index contributed by atoms with van der Waals surface area (Å²) in [5.41, 5.74) is 5.27. The minimum Gasteiger partial charge on any atom is -0.392 e. The number of aromatic nitrogens is 1. The van der Waals surface area contributed by atoms with Crippen LogP contribution in [0.15, 0.2) is 103 Å². The highest BCUT2D eigenvalue weighted by Crippen LogP contribution is 2.42. The Morgan fingerprint density at radius 2 is 1.64 bits per heavy atom. The van der Waals surface area contributed by atoms with Gasteiger partial charge in [-0.3, -0.25) is 19.6 Å². The Balaban J connectivity index is 1.17. The Kier molecular flexibility index (Phi) is 9.75. The number of ether oxygens (including phenoxy) is 2. The third-order valence-electron chi connectivity index (χ3n) is 8.62. The van der Waals surface area contributed by atoms with E-state index in [-0.39, 0.29) is 30.6 Å². The minimum atomic E-state index is -0.603. The number of carbonyl (C=O) groups excluding carboxylic acids is 1. The monoisotopic (exact) mass is 592 g/mol. The molecule has 6 rings (SSSR count). The molecule has 2 saturated heterocycles. The van der Waals surface area contributed by atoms with Gasteiger partial charge < -0.3 is 19.9 Å². The van der Waals surface area contributed by atoms with Gasteiger partial charge in [0.2, 0.25) is 0 Å². The van der Waals surface area contributed by atoms with Gasteiger partial charge in [0, 0.05) is 68.8 Å². The number of aliphatic hydroxyl groups is 1. The number of rotatable bonds is 9. The van der Waals surface area contributed by atoms with Crippen molar-refractivity contribution < 1.29 is 19.4 Å². The SMILES string of the molecule is C[C@H]1[C@@H](CN2CCN(Cc3ccccc3)CC2)O[C@@H](c2cccc(NC(=O)c3cccnc3)c2)O[C@H]1c1ccc(CO)cc1. The summed E-state index contributed by atoms with van der Waals surface area (Å²) in [6, 6.07) is 29.8. The highest BCUT2D eigenvalue weighted by molar-refractivity contribution is 6.04. The van der Waals surface area contributed by atoms with Crippen LogP contribution in [0, 0.1) is 5.92 Å². The molecule has 3 aromatic carbocycles. The highest BCUT2D eigenvalue weighted by Gasteiger charge is 2.39. The summed E-state index contributed by atoms with van der Waals surface area (Å²) in [4.78, 5) is 21.9. The molecule has 2 aliphatic heterocycles. The summed E-state index contributed by atoms with van der Waals surface area (Å²) in [7, 11) is 0. The Morgan fingerprint density at radius 1 is 0.864 bits per heavy atom. The van der Waals surface area contributed by atoms with Crippen molar-refractivity contribution in [3.63, 3.8) is 0 Å². The zero-order chi connectivity index (χ0) is 30.3. The Bertz CT molecular complexity index is 1490. The lowest BCUT2D eigenvalue weighted by Crippen LogP contribution is -2.51. The normalized spacial score (nSPS) is 22.9. The molecule has 0 saturated carbocycles. The molecule has 0 bridgehead atoms. The third kappa shape index (κ3) is 7.41. The van der Waals surface area contributed by atoms with Crippen LogP contribution in [0.5, 0.6) is 0 Å². The average Bonchev–Trinajstić information content (AvgIpc) is 3.07. The molecule has 3 heterocycles. The Hall–Kier alpha value is -3.92. The average molecular weight is 593 g/mol. The molecule has 0 aliphatic carbocycles. The van der Waals surface area contributed by atoms with Crippen molar-refractivity contribution in [3.8, 4) is 0 Å². The molecule has 8 heteroatoms. The molecule has 2 fully saturated rings. The van der Waals surface area contributed by atoms with Crippen molar-refractivity contribution in [1.82, 2.24) is 14.8 Å². The van der Waals surface area contributed by atoms with Gasteiger partial charge in [-0.25, -0.2) is 0 Å². The third-order valence-corrected chi connectivity index (χ3v) is 8.62. The molecular formula is C36H40N4O4. The van der Waals surface area contributed by atoms with Gasteiger partial charge in [0.25, 0.3) is 5.91 Å². The first-order valence-corrected chi connectivity index (χ1v) is 15.4. The van der Waals surface area contributed by atoms with E-state index < -0.39 is 6.29 Å². The molecule has 2 N–H and O–H groups in total. The first-order chi connectivity index (χ1) is 21.6. The van der Waals surface area contributed by atoms with E-state index in [1.165, 1.54) is 5.56 Å². The van der Waals surface area contributed by atoms with Crippen LogP contribution in [0.2, 0.25) is 0 Å². The number of nitrogens with one attached hydrogen (secondary N) is 1. The van der Waals surface area contributed by atoms with Crippen LogP contribution in [-0.2, 0) is 22.6 Å². The van der Waals surface area contributed by atoms with Gasteiger partial charge in [-0.2, -0.15) is 0 Å². The number of nitrogens with zero attached hydrogens (tertiary/aromatic N) is 3. The Morgan fingerprint density at radius 3 is 2.36 bits per heavy atom. The van der Waals surface area contributed by atoms with E-state index in [0.717, 1.165) is 56.0 Å². The second-order valence-corrected chi connectivity index (χ2v) is 11.7. The number of piperazine rings is 1. The maximum Gasteiger partial charge on any atom is 0.257 e. The Labute approximate surface area is 259 Å². The molecule has 1 amide bonds. The zero-order valence-electron chi connectivity index (χ0n) is 25.1. The number of pyridine rings is 1. The number of anilines is 1. The van der Waals surface area contributed by atoms with Gasteiger partial charge in [0.1, 0.15) is 0 Å². The number of benzene rings is 3. The fourth-order valence-corrected chi connectivity index (χ4v) is 6.02. The minimum absolute atomic E-state index is 0.00350. The molecule has 4 atom stereocenters. The van der Waals surface area contributed by atoms with E-state index in [9.17, 15) is 9.90 Å². The van der Waals surface area contributed by atoms with Crippen LogP contribution < -0.4 is 5.32 Å². The summed E-state index contributed by atoms with van der Waals surface area (Å²) in [5, 5.41) is 12.5. The topological polar surface area (TPSA) is 87.2 Å². The van der Waals surface area contributed by atoms with E-state index in [2.05, 4.69) is 57.4 Å². The molecule has 0 unspecified atom stereocenters. The lowest BCUT2D eigenvalue weighted by atomic mass is 9.90. The van der Waals surface area contributed by atoms with E-state index in [0.29, 0.717) is 11.3 Å². The summed E-state index contributed by atoms with van der Waals surface area (Å²) >= 11 is 0. The second kappa shape index (κ2) is 14.2. The summed E-state index contributed by atoms with van der Waals surface area (Å²) in [6.07, 6.45) is 2.33. The van der Waals surface area contributed by atoms with Crippen LogP contribution in [0.4, 0.5) is 5.69 Å². The predicted octanol–water partition coefficient (Wildman–Crippen LogP) is 5.44. The molecule has 1 aromatic heterocycles. The molecule has 2 aliphatic rings. The van der Waals surface area contributed by atoms with E-state index in [1.807, 2.05) is 48.5 Å². The molecular weight excluding hydrogens is 552 g/mol. The van der Waals surface area contributed by atoms with Crippen LogP contribution in [0.1, 0.15) is 51.9 Å².